The molecule has 9 heavy (non-hydrogen) atoms. The zero-order chi connectivity index (χ0) is 6.74. The van der Waals surface area contributed by atoms with Crippen molar-refractivity contribution in [2.75, 3.05) is 13.2 Å². The summed E-state index contributed by atoms with van der Waals surface area (Å²) in [4.78, 5) is 0. The molecule has 1 aliphatic heterocycles. The maximum Gasteiger partial charge on any atom is 0.0632 e. The Labute approximate surface area is 54.7 Å². The molecule has 0 unspecified atom stereocenters. The zero-order valence-corrected chi connectivity index (χ0v) is 5.26. The Morgan fingerprint density at radius 3 is 2.56 bits per heavy atom. The number of hydrogen-bond donors (Lipinski definition) is 0. The van der Waals surface area contributed by atoms with Crippen LogP contribution in [0.25, 0.3) is 0 Å². The molecule has 0 amide bonds. The third-order valence-electron chi connectivity index (χ3n) is 1.64. The molecule has 0 aromatic rings. The second kappa shape index (κ2) is 2.20. The molecule has 1 rings (SSSR count). The molecule has 1 fully saturated rings. The first-order valence-electron chi connectivity index (χ1n) is 2.91. The van der Waals surface area contributed by atoms with E-state index in [0.717, 1.165) is 0 Å². The molecule has 0 spiro atoms. The summed E-state index contributed by atoms with van der Waals surface area (Å²) >= 11 is 0. The van der Waals surface area contributed by atoms with Crippen LogP contribution in [-0.4, -0.2) is 13.2 Å². The highest BCUT2D eigenvalue weighted by Gasteiger charge is 2.34. The number of hydrogen-bond acceptors (Lipinski definition) is 2. The van der Waals surface area contributed by atoms with Crippen molar-refractivity contribution in [1.29, 1.82) is 5.26 Å². The molecule has 0 N–H and O–H groups in total. The van der Waals surface area contributed by atoms with Gasteiger partial charge in [-0.1, -0.05) is 6.08 Å². The van der Waals surface area contributed by atoms with Gasteiger partial charge in [-0.25, -0.2) is 0 Å². The van der Waals surface area contributed by atoms with Crippen LogP contribution in [0, 0.1) is 16.7 Å². The normalized spacial score (nSPS) is 21.7. The van der Waals surface area contributed by atoms with Crippen molar-refractivity contribution in [2.45, 2.75) is 6.42 Å². The smallest absolute Gasteiger partial charge is 0.0632 e. The molecule has 0 aromatic carbocycles. The van der Waals surface area contributed by atoms with Gasteiger partial charge in [0.15, 0.2) is 0 Å². The molecule has 2 nitrogen and oxygen atoms in total. The van der Waals surface area contributed by atoms with Gasteiger partial charge >= 0.3 is 0 Å². The maximum atomic E-state index is 8.34. The topological polar surface area (TPSA) is 33.0 Å². The average Bonchev–Trinajstić information content (AvgIpc) is 1.79. The molecular weight excluding hydrogens is 114 g/mol. The number of ether oxygens (including phenoxy) is 1. The molecule has 0 saturated carbocycles. The molecule has 1 aliphatic rings. The van der Waals surface area contributed by atoms with Crippen molar-refractivity contribution in [3.05, 3.63) is 12.7 Å². The van der Waals surface area contributed by atoms with Crippen molar-refractivity contribution in [3.63, 3.8) is 0 Å². The summed E-state index contributed by atoms with van der Waals surface area (Å²) in [6.07, 6.45) is 2.36. The third-order valence-corrected chi connectivity index (χ3v) is 1.64. The van der Waals surface area contributed by atoms with Gasteiger partial charge in [0.2, 0.25) is 0 Å². The van der Waals surface area contributed by atoms with Crippen molar-refractivity contribution in [2.24, 2.45) is 5.41 Å². The predicted molar refractivity (Wildman–Crippen MR) is 33.7 cm³/mol. The van der Waals surface area contributed by atoms with Gasteiger partial charge in [0.05, 0.1) is 19.3 Å². The molecule has 48 valence electrons. The first kappa shape index (κ1) is 6.31. The van der Waals surface area contributed by atoms with Crippen molar-refractivity contribution in [1.82, 2.24) is 0 Å². The van der Waals surface area contributed by atoms with Crippen LogP contribution < -0.4 is 0 Å². The van der Waals surface area contributed by atoms with E-state index in [9.17, 15) is 0 Å². The van der Waals surface area contributed by atoms with E-state index in [1.165, 1.54) is 0 Å². The van der Waals surface area contributed by atoms with E-state index >= 15 is 0 Å². The summed E-state index contributed by atoms with van der Waals surface area (Å²) in [6.45, 7) is 4.98. The molecule has 0 radical (unpaired) electrons. The highest BCUT2D eigenvalue weighted by Crippen LogP contribution is 2.31. The highest BCUT2D eigenvalue weighted by molar-refractivity contribution is 5.04. The Morgan fingerprint density at radius 2 is 2.44 bits per heavy atom. The minimum absolute atomic E-state index is 0.00521. The molecule has 0 aromatic heterocycles. The quantitative estimate of drug-likeness (QED) is 0.515. The summed E-state index contributed by atoms with van der Waals surface area (Å²) in [7, 11) is 0. The van der Waals surface area contributed by atoms with Gasteiger partial charge in [0.1, 0.15) is 0 Å². The van der Waals surface area contributed by atoms with Gasteiger partial charge in [-0.15, -0.1) is 6.58 Å². The maximum absolute atomic E-state index is 8.34. The van der Waals surface area contributed by atoms with Crippen LogP contribution in [0.3, 0.4) is 0 Å². The minimum Gasteiger partial charge on any atom is -0.379 e. The van der Waals surface area contributed by atoms with Crippen molar-refractivity contribution in [3.8, 4) is 6.07 Å². The first-order valence-corrected chi connectivity index (χ1v) is 2.91. The SMILES string of the molecule is C=CC1(CC#N)COC1. The van der Waals surface area contributed by atoms with Crippen LogP contribution >= 0.6 is 0 Å². The second-order valence-electron chi connectivity index (χ2n) is 2.39. The van der Waals surface area contributed by atoms with Crippen LogP contribution in [0.15, 0.2) is 12.7 Å². The first-order chi connectivity index (χ1) is 4.33. The monoisotopic (exact) mass is 123 g/mol. The summed E-state index contributed by atoms with van der Waals surface area (Å²) in [5.74, 6) is 0. The fourth-order valence-electron chi connectivity index (χ4n) is 0.814. The Kier molecular flexibility index (Phi) is 1.54. The van der Waals surface area contributed by atoms with E-state index in [-0.39, 0.29) is 5.41 Å². The lowest BCUT2D eigenvalue weighted by atomic mass is 9.83. The van der Waals surface area contributed by atoms with Gasteiger partial charge in [-0.05, 0) is 0 Å². The van der Waals surface area contributed by atoms with Crippen molar-refractivity contribution >= 4 is 0 Å². The summed E-state index contributed by atoms with van der Waals surface area (Å²) in [5, 5.41) is 8.34. The average molecular weight is 123 g/mol. The standard InChI is InChI=1S/C7H9NO/c1-2-7(3-4-8)5-9-6-7/h2H,1,3,5-6H2. The number of rotatable bonds is 2. The van der Waals surface area contributed by atoms with E-state index in [4.69, 9.17) is 10.00 Å². The van der Waals surface area contributed by atoms with Gasteiger partial charge < -0.3 is 4.74 Å². The molecule has 2 heteroatoms. The largest absolute Gasteiger partial charge is 0.379 e. The lowest BCUT2D eigenvalue weighted by molar-refractivity contribution is -0.0789. The van der Waals surface area contributed by atoms with E-state index in [0.29, 0.717) is 19.6 Å². The van der Waals surface area contributed by atoms with Crippen molar-refractivity contribution < 1.29 is 4.74 Å². The van der Waals surface area contributed by atoms with Gasteiger partial charge in [-0.2, -0.15) is 5.26 Å². The van der Waals surface area contributed by atoms with E-state index in [1.807, 2.05) is 6.08 Å². The molecular formula is C7H9NO. The molecule has 1 heterocycles. The van der Waals surface area contributed by atoms with Crippen LogP contribution in [0.4, 0.5) is 0 Å². The Balaban J connectivity index is 2.49. The molecule has 0 bridgehead atoms. The fraction of sp³-hybridized carbons (Fsp3) is 0.571. The number of nitriles is 1. The second-order valence-corrected chi connectivity index (χ2v) is 2.39. The summed E-state index contributed by atoms with van der Waals surface area (Å²) in [5.41, 5.74) is -0.00521. The molecule has 0 atom stereocenters. The predicted octanol–water partition coefficient (Wildman–Crippen LogP) is 1.10. The highest BCUT2D eigenvalue weighted by atomic mass is 16.5. The van der Waals surface area contributed by atoms with E-state index < -0.39 is 0 Å². The zero-order valence-electron chi connectivity index (χ0n) is 5.26. The van der Waals surface area contributed by atoms with Gasteiger partial charge in [0, 0.05) is 11.8 Å². The summed E-state index contributed by atoms with van der Waals surface area (Å²) in [6, 6.07) is 2.11. The minimum atomic E-state index is -0.00521. The lowest BCUT2D eigenvalue weighted by Crippen LogP contribution is -2.40. The van der Waals surface area contributed by atoms with Crippen LogP contribution in [0.1, 0.15) is 6.42 Å². The Hall–Kier alpha value is -0.810. The Morgan fingerprint density at radius 1 is 1.78 bits per heavy atom. The van der Waals surface area contributed by atoms with E-state index in [2.05, 4.69) is 12.6 Å². The third kappa shape index (κ3) is 0.962. The van der Waals surface area contributed by atoms with Gasteiger partial charge in [-0.3, -0.25) is 0 Å². The fourth-order valence-corrected chi connectivity index (χ4v) is 0.814. The molecule has 0 aliphatic carbocycles. The van der Waals surface area contributed by atoms with E-state index in [1.54, 1.807) is 0 Å². The van der Waals surface area contributed by atoms with Crippen LogP contribution in [0.2, 0.25) is 0 Å². The Bertz CT molecular complexity index is 153. The van der Waals surface area contributed by atoms with Gasteiger partial charge in [0.25, 0.3) is 0 Å². The van der Waals surface area contributed by atoms with Crippen LogP contribution in [-0.2, 0) is 4.74 Å². The lowest BCUT2D eigenvalue weighted by Gasteiger charge is -2.36. The summed E-state index contributed by atoms with van der Waals surface area (Å²) < 4.78 is 4.96. The molecule has 1 saturated heterocycles. The number of nitrogens with zero attached hydrogens (tertiary/aromatic N) is 1. The van der Waals surface area contributed by atoms with Crippen LogP contribution in [0.5, 0.6) is 0 Å².